The molecule has 6 nitrogen and oxygen atoms in total. The Morgan fingerprint density at radius 3 is 2.52 bits per heavy atom. The molecular weight excluding hydrogens is 386 g/mol. The molecule has 0 amide bonds. The van der Waals surface area contributed by atoms with E-state index in [1.165, 1.54) is 5.56 Å². The fourth-order valence-electron chi connectivity index (χ4n) is 4.89. The lowest BCUT2D eigenvalue weighted by atomic mass is 10.1. The number of hydrogen-bond acceptors (Lipinski definition) is 5. The Labute approximate surface area is 172 Å². The topological polar surface area (TPSA) is 53.1 Å². The minimum Gasteiger partial charge on any atom is -0.379 e. The number of anilines is 2. The highest BCUT2D eigenvalue weighted by molar-refractivity contribution is 7.89. The van der Waals surface area contributed by atoms with Gasteiger partial charge in [-0.1, -0.05) is 30.3 Å². The number of hydrogen-bond donors (Lipinski definition) is 0. The van der Waals surface area contributed by atoms with E-state index < -0.39 is 10.0 Å². The second-order valence-corrected chi connectivity index (χ2v) is 9.92. The summed E-state index contributed by atoms with van der Waals surface area (Å²) in [4.78, 5) is 5.22. The molecule has 7 heteroatoms. The van der Waals surface area contributed by atoms with Gasteiger partial charge in [0.15, 0.2) is 0 Å². The van der Waals surface area contributed by atoms with Crippen molar-refractivity contribution in [2.45, 2.75) is 36.9 Å². The smallest absolute Gasteiger partial charge is 0.243 e. The lowest BCUT2D eigenvalue weighted by Gasteiger charge is -2.33. The number of morpholine rings is 1. The first-order valence-electron chi connectivity index (χ1n) is 10.4. The van der Waals surface area contributed by atoms with Crippen LogP contribution in [0.3, 0.4) is 0 Å². The average molecular weight is 414 g/mol. The molecule has 3 heterocycles. The summed E-state index contributed by atoms with van der Waals surface area (Å²) in [7, 11) is -3.51. The highest BCUT2D eigenvalue weighted by Crippen LogP contribution is 2.48. The van der Waals surface area contributed by atoms with Crippen LogP contribution in [0.2, 0.25) is 0 Å². The Balaban J connectivity index is 1.55. The van der Waals surface area contributed by atoms with Crippen molar-refractivity contribution in [1.29, 1.82) is 0 Å². The summed E-state index contributed by atoms with van der Waals surface area (Å²) < 4.78 is 33.3. The van der Waals surface area contributed by atoms with Crippen LogP contribution in [0.15, 0.2) is 53.4 Å². The summed E-state index contributed by atoms with van der Waals surface area (Å²) >= 11 is 0. The second kappa shape index (κ2) is 7.31. The zero-order valence-electron chi connectivity index (χ0n) is 16.7. The van der Waals surface area contributed by atoms with Gasteiger partial charge in [-0.25, -0.2) is 8.42 Å². The molecule has 2 aromatic carbocycles. The molecule has 3 aliphatic rings. The van der Waals surface area contributed by atoms with E-state index in [0.717, 1.165) is 30.8 Å². The van der Waals surface area contributed by atoms with Gasteiger partial charge in [-0.15, -0.1) is 0 Å². The van der Waals surface area contributed by atoms with Gasteiger partial charge in [0, 0.05) is 19.6 Å². The first-order chi connectivity index (χ1) is 14.1. The van der Waals surface area contributed by atoms with Crippen molar-refractivity contribution in [3.05, 3.63) is 54.1 Å². The van der Waals surface area contributed by atoms with E-state index in [-0.39, 0.29) is 6.04 Å². The minimum absolute atomic E-state index is 0.171. The van der Waals surface area contributed by atoms with Crippen molar-refractivity contribution in [3.63, 3.8) is 0 Å². The van der Waals surface area contributed by atoms with Crippen LogP contribution < -0.4 is 9.80 Å². The Morgan fingerprint density at radius 2 is 1.76 bits per heavy atom. The molecule has 29 heavy (non-hydrogen) atoms. The van der Waals surface area contributed by atoms with Crippen molar-refractivity contribution >= 4 is 21.4 Å². The van der Waals surface area contributed by atoms with Gasteiger partial charge in [-0.3, -0.25) is 0 Å². The van der Waals surface area contributed by atoms with Gasteiger partial charge in [0.2, 0.25) is 10.0 Å². The standard InChI is InChI=1S/C22H27N3O3S/c1-17(18-6-3-2-4-7-18)25-21-16-19(29(26,27)23-12-14-28-15-13-23)9-10-20(21)24-11-5-8-22(24)25/h2-4,6-7,9-10,16-17,22H,5,8,11-15H2,1H3/t17-,22-/m1/s1. The Hall–Kier alpha value is -2.09. The third-order valence-electron chi connectivity index (χ3n) is 6.38. The normalized spacial score (nSPS) is 23.1. The molecule has 3 aliphatic heterocycles. The maximum Gasteiger partial charge on any atom is 0.243 e. The van der Waals surface area contributed by atoms with Crippen LogP contribution in [-0.2, 0) is 14.8 Å². The summed E-state index contributed by atoms with van der Waals surface area (Å²) in [6.45, 7) is 4.97. The Morgan fingerprint density at radius 1 is 1.00 bits per heavy atom. The summed E-state index contributed by atoms with van der Waals surface area (Å²) in [5, 5.41) is 0. The summed E-state index contributed by atoms with van der Waals surface area (Å²) in [5.41, 5.74) is 3.42. The number of ether oxygens (including phenoxy) is 1. The molecule has 0 aliphatic carbocycles. The van der Waals surface area contributed by atoms with E-state index in [2.05, 4.69) is 41.0 Å². The molecular formula is C22H27N3O3S. The first kappa shape index (κ1) is 18.9. The van der Waals surface area contributed by atoms with Crippen LogP contribution in [0.1, 0.15) is 31.4 Å². The van der Waals surface area contributed by atoms with E-state index in [1.807, 2.05) is 18.2 Å². The zero-order valence-corrected chi connectivity index (χ0v) is 17.5. The maximum absolute atomic E-state index is 13.2. The van der Waals surface area contributed by atoms with Crippen LogP contribution in [-0.4, -0.2) is 51.7 Å². The molecule has 0 unspecified atom stereocenters. The molecule has 0 spiro atoms. The highest BCUT2D eigenvalue weighted by atomic mass is 32.2. The SMILES string of the molecule is C[C@H](c1ccccc1)N1c2cc(S(=O)(=O)N3CCOCC3)ccc2N2CCC[C@H]21. The fourth-order valence-corrected chi connectivity index (χ4v) is 6.32. The summed E-state index contributed by atoms with van der Waals surface area (Å²) in [6.07, 6.45) is 2.55. The molecule has 0 bridgehead atoms. The van der Waals surface area contributed by atoms with E-state index in [0.29, 0.717) is 37.4 Å². The van der Waals surface area contributed by atoms with E-state index in [1.54, 1.807) is 10.4 Å². The van der Waals surface area contributed by atoms with Crippen LogP contribution in [0.5, 0.6) is 0 Å². The highest BCUT2D eigenvalue weighted by Gasteiger charge is 2.42. The monoisotopic (exact) mass is 413 g/mol. The van der Waals surface area contributed by atoms with Crippen molar-refractivity contribution in [2.24, 2.45) is 0 Å². The van der Waals surface area contributed by atoms with E-state index >= 15 is 0 Å². The molecule has 154 valence electrons. The molecule has 2 fully saturated rings. The third-order valence-corrected chi connectivity index (χ3v) is 8.28. The molecule has 0 radical (unpaired) electrons. The maximum atomic E-state index is 13.2. The number of fused-ring (bicyclic) bond motifs is 3. The van der Waals surface area contributed by atoms with Crippen LogP contribution in [0.25, 0.3) is 0 Å². The van der Waals surface area contributed by atoms with Gasteiger partial charge in [-0.2, -0.15) is 4.31 Å². The lowest BCUT2D eigenvalue weighted by molar-refractivity contribution is 0.0730. The van der Waals surface area contributed by atoms with Gasteiger partial charge >= 0.3 is 0 Å². The largest absolute Gasteiger partial charge is 0.379 e. The fraction of sp³-hybridized carbons (Fsp3) is 0.455. The molecule has 2 atom stereocenters. The van der Waals surface area contributed by atoms with Crippen molar-refractivity contribution in [2.75, 3.05) is 42.6 Å². The minimum atomic E-state index is -3.51. The molecule has 5 rings (SSSR count). The second-order valence-electron chi connectivity index (χ2n) is 7.98. The van der Waals surface area contributed by atoms with Gasteiger partial charge in [0.1, 0.15) is 6.17 Å². The molecule has 2 aromatic rings. The number of benzene rings is 2. The van der Waals surface area contributed by atoms with Gasteiger partial charge in [0.05, 0.1) is 35.5 Å². The molecule has 0 aromatic heterocycles. The number of nitrogens with zero attached hydrogens (tertiary/aromatic N) is 3. The third kappa shape index (κ3) is 3.12. The van der Waals surface area contributed by atoms with Crippen LogP contribution in [0.4, 0.5) is 11.4 Å². The predicted molar refractivity (Wildman–Crippen MR) is 114 cm³/mol. The van der Waals surface area contributed by atoms with E-state index in [9.17, 15) is 8.42 Å². The quantitative estimate of drug-likeness (QED) is 0.770. The van der Waals surface area contributed by atoms with Crippen molar-refractivity contribution < 1.29 is 13.2 Å². The Bertz CT molecular complexity index is 990. The van der Waals surface area contributed by atoms with Crippen LogP contribution >= 0.6 is 0 Å². The zero-order chi connectivity index (χ0) is 20.0. The summed E-state index contributed by atoms with van der Waals surface area (Å²) in [6, 6.07) is 16.3. The van der Waals surface area contributed by atoms with Gasteiger partial charge < -0.3 is 14.5 Å². The van der Waals surface area contributed by atoms with E-state index in [4.69, 9.17) is 4.74 Å². The van der Waals surface area contributed by atoms with Gasteiger partial charge in [0.25, 0.3) is 0 Å². The predicted octanol–water partition coefficient (Wildman–Crippen LogP) is 3.22. The van der Waals surface area contributed by atoms with Crippen LogP contribution in [0, 0.1) is 0 Å². The van der Waals surface area contributed by atoms with Gasteiger partial charge in [-0.05, 0) is 43.5 Å². The molecule has 0 N–H and O–H groups in total. The Kier molecular flexibility index (Phi) is 4.76. The number of sulfonamides is 1. The van der Waals surface area contributed by atoms with Crippen molar-refractivity contribution in [1.82, 2.24) is 4.31 Å². The average Bonchev–Trinajstić information content (AvgIpc) is 3.35. The first-order valence-corrected chi connectivity index (χ1v) is 11.8. The molecule has 0 saturated carbocycles. The summed E-state index contributed by atoms with van der Waals surface area (Å²) in [5.74, 6) is 0. The lowest BCUT2D eigenvalue weighted by Crippen LogP contribution is -2.41. The number of rotatable bonds is 4. The molecule has 2 saturated heterocycles. The van der Waals surface area contributed by atoms with Crippen molar-refractivity contribution in [3.8, 4) is 0 Å².